The first-order valence-corrected chi connectivity index (χ1v) is 11.0. The molecule has 0 aliphatic heterocycles. The van der Waals surface area contributed by atoms with Gasteiger partial charge in [0.25, 0.3) is 15.9 Å². The molecule has 156 valence electrons. The molecule has 0 spiro atoms. The van der Waals surface area contributed by atoms with Crippen LogP contribution in [0, 0.1) is 5.82 Å². The van der Waals surface area contributed by atoms with Crippen LogP contribution in [0.4, 0.5) is 10.1 Å². The Labute approximate surface area is 177 Å². The molecule has 1 aromatic heterocycles. The Kier molecular flexibility index (Phi) is 6.18. The molecule has 0 saturated carbocycles. The van der Waals surface area contributed by atoms with Crippen molar-refractivity contribution in [3.8, 4) is 0 Å². The summed E-state index contributed by atoms with van der Waals surface area (Å²) < 4.78 is 40.7. The van der Waals surface area contributed by atoms with E-state index in [-0.39, 0.29) is 21.0 Å². The Morgan fingerprint density at radius 1 is 1.10 bits per heavy atom. The summed E-state index contributed by atoms with van der Waals surface area (Å²) in [5, 5.41) is 1.65. The van der Waals surface area contributed by atoms with E-state index in [0.717, 1.165) is 22.3 Å². The molecule has 2 amide bonds. The standard InChI is InChI=1S/C20H18FN3O4S2/c1-24(18(19(22)25)14-4-2-5-15(21)12-14)20(26)13-7-9-16(10-8-13)23-30(27,28)17-6-3-11-29-17/h2-12,18,23H,1H3,(H2,22,25). The molecule has 30 heavy (non-hydrogen) atoms. The minimum absolute atomic E-state index is 0.168. The molecule has 0 fully saturated rings. The number of benzene rings is 2. The zero-order valence-electron chi connectivity index (χ0n) is 15.8. The molecule has 1 heterocycles. The van der Waals surface area contributed by atoms with Crippen molar-refractivity contribution >= 4 is 38.9 Å². The van der Waals surface area contributed by atoms with Crippen molar-refractivity contribution in [1.82, 2.24) is 4.90 Å². The molecule has 1 atom stereocenters. The van der Waals surface area contributed by atoms with Crippen LogP contribution in [0.2, 0.25) is 0 Å². The van der Waals surface area contributed by atoms with Gasteiger partial charge < -0.3 is 10.6 Å². The first-order valence-electron chi connectivity index (χ1n) is 8.67. The van der Waals surface area contributed by atoms with E-state index in [9.17, 15) is 22.4 Å². The lowest BCUT2D eigenvalue weighted by Crippen LogP contribution is -2.39. The van der Waals surface area contributed by atoms with Crippen LogP contribution in [0.3, 0.4) is 0 Å². The van der Waals surface area contributed by atoms with Gasteiger partial charge in [-0.3, -0.25) is 14.3 Å². The van der Waals surface area contributed by atoms with Crippen LogP contribution in [0.1, 0.15) is 22.0 Å². The number of nitrogens with zero attached hydrogens (tertiary/aromatic N) is 1. The average Bonchev–Trinajstić information content (AvgIpc) is 3.23. The van der Waals surface area contributed by atoms with Gasteiger partial charge in [0.1, 0.15) is 16.1 Å². The molecule has 3 N–H and O–H groups in total. The van der Waals surface area contributed by atoms with Crippen molar-refractivity contribution in [2.45, 2.75) is 10.3 Å². The Morgan fingerprint density at radius 3 is 2.37 bits per heavy atom. The third-order valence-electron chi connectivity index (χ3n) is 4.29. The zero-order valence-corrected chi connectivity index (χ0v) is 17.4. The van der Waals surface area contributed by atoms with E-state index in [1.54, 1.807) is 11.4 Å². The number of sulfonamides is 1. The van der Waals surface area contributed by atoms with Gasteiger partial charge in [-0.25, -0.2) is 12.8 Å². The molecular weight excluding hydrogens is 429 g/mol. The van der Waals surface area contributed by atoms with Gasteiger partial charge in [0.05, 0.1) is 0 Å². The number of carbonyl (C=O) groups excluding carboxylic acids is 2. The van der Waals surface area contributed by atoms with Crippen LogP contribution in [0.5, 0.6) is 0 Å². The van der Waals surface area contributed by atoms with Crippen molar-refractivity contribution in [3.63, 3.8) is 0 Å². The summed E-state index contributed by atoms with van der Waals surface area (Å²) in [6.07, 6.45) is 0. The molecule has 10 heteroatoms. The van der Waals surface area contributed by atoms with Gasteiger partial charge in [-0.15, -0.1) is 11.3 Å². The number of thiophene rings is 1. The van der Waals surface area contributed by atoms with E-state index in [4.69, 9.17) is 5.73 Å². The maximum Gasteiger partial charge on any atom is 0.271 e. The first-order chi connectivity index (χ1) is 14.2. The minimum Gasteiger partial charge on any atom is -0.368 e. The van der Waals surface area contributed by atoms with Crippen molar-refractivity contribution in [2.75, 3.05) is 11.8 Å². The number of rotatable bonds is 7. The third kappa shape index (κ3) is 4.66. The summed E-state index contributed by atoms with van der Waals surface area (Å²) in [4.78, 5) is 25.9. The van der Waals surface area contributed by atoms with Crippen molar-refractivity contribution in [3.05, 3.63) is 83.0 Å². The molecule has 3 rings (SSSR count). The lowest BCUT2D eigenvalue weighted by Gasteiger charge is -2.26. The molecule has 0 saturated heterocycles. The summed E-state index contributed by atoms with van der Waals surface area (Å²) in [7, 11) is -2.32. The first kappa shape index (κ1) is 21.5. The Hall–Kier alpha value is -3.24. The van der Waals surface area contributed by atoms with E-state index in [2.05, 4.69) is 4.72 Å². The molecule has 2 aromatic carbocycles. The quantitative estimate of drug-likeness (QED) is 0.580. The molecule has 0 aliphatic rings. The summed E-state index contributed by atoms with van der Waals surface area (Å²) in [5.74, 6) is -1.89. The van der Waals surface area contributed by atoms with Gasteiger partial charge in [0.15, 0.2) is 0 Å². The highest BCUT2D eigenvalue weighted by Gasteiger charge is 2.28. The molecule has 3 aromatic rings. The van der Waals surface area contributed by atoms with Gasteiger partial charge in [-0.05, 0) is 53.4 Å². The van der Waals surface area contributed by atoms with E-state index >= 15 is 0 Å². The van der Waals surface area contributed by atoms with Crippen LogP contribution in [0.15, 0.2) is 70.3 Å². The summed E-state index contributed by atoms with van der Waals surface area (Å²) >= 11 is 1.08. The summed E-state index contributed by atoms with van der Waals surface area (Å²) in [6.45, 7) is 0. The van der Waals surface area contributed by atoms with Crippen LogP contribution in [0.25, 0.3) is 0 Å². The number of nitrogens with one attached hydrogen (secondary N) is 1. The third-order valence-corrected chi connectivity index (χ3v) is 7.06. The minimum atomic E-state index is -3.71. The molecular formula is C20H18FN3O4S2. The van der Waals surface area contributed by atoms with E-state index in [1.165, 1.54) is 55.6 Å². The highest BCUT2D eigenvalue weighted by Crippen LogP contribution is 2.24. The Bertz CT molecular complexity index is 1160. The van der Waals surface area contributed by atoms with Crippen molar-refractivity contribution < 1.29 is 22.4 Å². The number of hydrogen-bond acceptors (Lipinski definition) is 5. The number of hydrogen-bond donors (Lipinski definition) is 2. The average molecular weight is 448 g/mol. The van der Waals surface area contributed by atoms with Crippen LogP contribution in [-0.2, 0) is 14.8 Å². The maximum atomic E-state index is 13.5. The SMILES string of the molecule is CN(C(=O)c1ccc(NS(=O)(=O)c2cccs2)cc1)C(C(N)=O)c1cccc(F)c1. The highest BCUT2D eigenvalue weighted by molar-refractivity contribution is 7.94. The van der Waals surface area contributed by atoms with Crippen LogP contribution in [-0.4, -0.2) is 32.2 Å². The number of primary amides is 1. The zero-order chi connectivity index (χ0) is 21.9. The van der Waals surface area contributed by atoms with Gasteiger partial charge >= 0.3 is 0 Å². The van der Waals surface area contributed by atoms with Crippen LogP contribution < -0.4 is 10.5 Å². The molecule has 0 radical (unpaired) electrons. The largest absolute Gasteiger partial charge is 0.368 e. The van der Waals surface area contributed by atoms with E-state index in [0.29, 0.717) is 0 Å². The second kappa shape index (κ2) is 8.64. The lowest BCUT2D eigenvalue weighted by molar-refractivity contribution is -0.122. The smallest absolute Gasteiger partial charge is 0.271 e. The van der Waals surface area contributed by atoms with E-state index in [1.807, 2.05) is 0 Å². The van der Waals surface area contributed by atoms with Crippen molar-refractivity contribution in [1.29, 1.82) is 0 Å². The number of anilines is 1. The molecule has 0 aliphatic carbocycles. The number of halogens is 1. The number of carbonyl (C=O) groups is 2. The van der Waals surface area contributed by atoms with Gasteiger partial charge in [-0.1, -0.05) is 18.2 Å². The fraction of sp³-hybridized carbons (Fsp3) is 0.100. The van der Waals surface area contributed by atoms with Gasteiger partial charge in [0.2, 0.25) is 5.91 Å². The number of amides is 2. The summed E-state index contributed by atoms with van der Waals surface area (Å²) in [5.41, 5.74) is 6.18. The molecule has 7 nitrogen and oxygen atoms in total. The monoisotopic (exact) mass is 447 g/mol. The van der Waals surface area contributed by atoms with Gasteiger partial charge in [-0.2, -0.15) is 0 Å². The lowest BCUT2D eigenvalue weighted by atomic mass is 10.0. The predicted molar refractivity (Wildman–Crippen MR) is 112 cm³/mol. The van der Waals surface area contributed by atoms with Crippen LogP contribution >= 0.6 is 11.3 Å². The normalized spacial score (nSPS) is 12.2. The Balaban J connectivity index is 1.80. The number of likely N-dealkylation sites (N-methyl/N-ethyl adjacent to an activating group) is 1. The predicted octanol–water partition coefficient (Wildman–Crippen LogP) is 2.99. The fourth-order valence-electron chi connectivity index (χ4n) is 2.88. The maximum absolute atomic E-state index is 13.5. The summed E-state index contributed by atoms with van der Waals surface area (Å²) in [6, 6.07) is 13.0. The second-order valence-corrected chi connectivity index (χ2v) is 9.25. The van der Waals surface area contributed by atoms with Crippen molar-refractivity contribution in [2.24, 2.45) is 5.73 Å². The molecule has 0 bridgehead atoms. The Morgan fingerprint density at radius 2 is 1.80 bits per heavy atom. The highest BCUT2D eigenvalue weighted by atomic mass is 32.2. The van der Waals surface area contributed by atoms with Gasteiger partial charge in [0, 0.05) is 18.3 Å². The van der Waals surface area contributed by atoms with E-state index < -0.39 is 33.7 Å². The molecule has 1 unspecified atom stereocenters. The fourth-order valence-corrected chi connectivity index (χ4v) is 4.93. The second-order valence-electron chi connectivity index (χ2n) is 6.39. The number of nitrogens with two attached hydrogens (primary N) is 1. The topological polar surface area (TPSA) is 110 Å².